The van der Waals surface area contributed by atoms with E-state index >= 15 is 0 Å². The molecule has 0 saturated carbocycles. The average Bonchev–Trinajstić information content (AvgIpc) is 2.63. The van der Waals surface area contributed by atoms with Gasteiger partial charge in [0.15, 0.2) is 5.57 Å². The zero-order valence-electron chi connectivity index (χ0n) is 15.8. The third-order valence-corrected chi connectivity index (χ3v) is 5.30. The van der Waals surface area contributed by atoms with Crippen molar-refractivity contribution in [3.05, 3.63) is 65.4 Å². The average molecular weight is 399 g/mol. The minimum atomic E-state index is -3.82. The molecule has 0 heterocycles. The fraction of sp³-hybridized carbons (Fsp3) is 0.200. The smallest absolute Gasteiger partial charge is 0.350 e. The number of esters is 1. The van der Waals surface area contributed by atoms with Gasteiger partial charge in [-0.05, 0) is 44.5 Å². The molecule has 7 nitrogen and oxygen atoms in total. The Morgan fingerprint density at radius 2 is 1.86 bits per heavy atom. The molecule has 28 heavy (non-hydrogen) atoms. The monoisotopic (exact) mass is 399 g/mol. The molecule has 0 saturated heterocycles. The number of aryl methyl sites for hydroxylation is 2. The first-order chi connectivity index (χ1) is 13.3. The molecule has 0 aliphatic carbocycles. The summed E-state index contributed by atoms with van der Waals surface area (Å²) in [4.78, 5) is 11.9. The van der Waals surface area contributed by atoms with Crippen molar-refractivity contribution in [2.24, 2.45) is 0 Å². The van der Waals surface area contributed by atoms with E-state index in [1.807, 2.05) is 6.92 Å². The minimum absolute atomic E-state index is 0.143. The van der Waals surface area contributed by atoms with Crippen LogP contribution in [0.1, 0.15) is 18.1 Å². The molecule has 2 aromatic carbocycles. The molecule has 0 aliphatic heterocycles. The summed E-state index contributed by atoms with van der Waals surface area (Å²) < 4.78 is 32.9. The second-order valence-corrected chi connectivity index (χ2v) is 7.61. The molecule has 2 rings (SSSR count). The predicted octanol–water partition coefficient (Wildman–Crippen LogP) is 3.49. The van der Waals surface area contributed by atoms with Crippen LogP contribution in [0.5, 0.6) is 0 Å². The second kappa shape index (κ2) is 9.06. The topological polar surface area (TPSA) is 108 Å². The minimum Gasteiger partial charge on any atom is -0.462 e. The van der Waals surface area contributed by atoms with Crippen molar-refractivity contribution < 1.29 is 17.9 Å². The zero-order valence-corrected chi connectivity index (χ0v) is 16.6. The van der Waals surface area contributed by atoms with Crippen LogP contribution in [0, 0.1) is 25.2 Å². The van der Waals surface area contributed by atoms with Gasteiger partial charge in [-0.15, -0.1) is 0 Å². The van der Waals surface area contributed by atoms with Gasteiger partial charge in [-0.1, -0.05) is 29.8 Å². The summed E-state index contributed by atoms with van der Waals surface area (Å²) in [6, 6.07) is 13.4. The number of benzene rings is 2. The lowest BCUT2D eigenvalue weighted by molar-refractivity contribution is -0.138. The molecule has 0 radical (unpaired) electrons. The summed E-state index contributed by atoms with van der Waals surface area (Å²) in [5.41, 5.74) is 2.03. The Hall–Kier alpha value is -3.31. The van der Waals surface area contributed by atoms with Crippen LogP contribution in [-0.4, -0.2) is 21.0 Å². The second-order valence-electron chi connectivity index (χ2n) is 5.95. The molecular weight excluding hydrogens is 378 g/mol. The fourth-order valence-corrected chi connectivity index (χ4v) is 3.80. The van der Waals surface area contributed by atoms with Crippen LogP contribution < -0.4 is 10.0 Å². The van der Waals surface area contributed by atoms with Crippen LogP contribution in [0.25, 0.3) is 0 Å². The Morgan fingerprint density at radius 1 is 1.18 bits per heavy atom. The van der Waals surface area contributed by atoms with Crippen LogP contribution in [0.15, 0.2) is 59.1 Å². The van der Waals surface area contributed by atoms with Crippen molar-refractivity contribution in [1.29, 1.82) is 5.26 Å². The summed E-state index contributed by atoms with van der Waals surface area (Å²) in [6.45, 7) is 5.40. The van der Waals surface area contributed by atoms with Crippen LogP contribution in [0.2, 0.25) is 0 Å². The van der Waals surface area contributed by atoms with E-state index in [1.165, 1.54) is 6.20 Å². The van der Waals surface area contributed by atoms with Gasteiger partial charge in [0.05, 0.1) is 22.9 Å². The number of nitrogens with one attached hydrogen (secondary N) is 2. The Morgan fingerprint density at radius 3 is 2.46 bits per heavy atom. The van der Waals surface area contributed by atoms with Gasteiger partial charge in [0.25, 0.3) is 10.0 Å². The van der Waals surface area contributed by atoms with Crippen molar-refractivity contribution in [3.63, 3.8) is 0 Å². The molecule has 0 amide bonds. The lowest BCUT2D eigenvalue weighted by Crippen LogP contribution is -2.15. The number of rotatable bonds is 7. The van der Waals surface area contributed by atoms with E-state index in [1.54, 1.807) is 62.4 Å². The lowest BCUT2D eigenvalue weighted by atomic mass is 10.2. The van der Waals surface area contributed by atoms with E-state index in [9.17, 15) is 13.2 Å². The van der Waals surface area contributed by atoms with Gasteiger partial charge in [0, 0.05) is 6.20 Å². The fourth-order valence-electron chi connectivity index (χ4n) is 2.49. The maximum atomic E-state index is 12.8. The number of hydrogen-bond acceptors (Lipinski definition) is 6. The van der Waals surface area contributed by atoms with Crippen LogP contribution >= 0.6 is 0 Å². The molecular formula is C20H21N3O4S. The highest BCUT2D eigenvalue weighted by Gasteiger charge is 2.18. The molecule has 146 valence electrons. The van der Waals surface area contributed by atoms with E-state index < -0.39 is 16.0 Å². The van der Waals surface area contributed by atoms with Crippen molar-refractivity contribution in [1.82, 2.24) is 0 Å². The van der Waals surface area contributed by atoms with E-state index in [0.29, 0.717) is 11.3 Å². The van der Waals surface area contributed by atoms with Crippen LogP contribution in [0.3, 0.4) is 0 Å². The van der Waals surface area contributed by atoms with E-state index in [-0.39, 0.29) is 22.8 Å². The lowest BCUT2D eigenvalue weighted by Gasteiger charge is -2.14. The molecule has 2 N–H and O–H groups in total. The Bertz CT molecular complexity index is 1050. The molecule has 2 aromatic rings. The third-order valence-electron chi connectivity index (χ3n) is 3.78. The van der Waals surface area contributed by atoms with Crippen molar-refractivity contribution >= 4 is 27.4 Å². The zero-order chi connectivity index (χ0) is 20.7. The molecule has 0 bridgehead atoms. The first-order valence-electron chi connectivity index (χ1n) is 8.51. The number of carbonyl (C=O) groups excluding carboxylic acids is 1. The highest BCUT2D eigenvalue weighted by Crippen LogP contribution is 2.26. The maximum Gasteiger partial charge on any atom is 0.350 e. The Kier molecular flexibility index (Phi) is 6.79. The molecule has 0 fully saturated rings. The number of hydrogen-bond donors (Lipinski definition) is 2. The molecule has 0 atom stereocenters. The normalized spacial score (nSPS) is 11.4. The van der Waals surface area contributed by atoms with Crippen LogP contribution in [-0.2, 0) is 19.6 Å². The summed E-state index contributed by atoms with van der Waals surface area (Å²) >= 11 is 0. The quantitative estimate of drug-likeness (QED) is 0.419. The van der Waals surface area contributed by atoms with Crippen LogP contribution in [0.4, 0.5) is 11.4 Å². The Balaban J connectivity index is 2.31. The summed E-state index contributed by atoms with van der Waals surface area (Å²) in [5, 5.41) is 11.9. The predicted molar refractivity (Wildman–Crippen MR) is 107 cm³/mol. The maximum absolute atomic E-state index is 12.8. The van der Waals surface area contributed by atoms with E-state index in [4.69, 9.17) is 10.00 Å². The summed E-state index contributed by atoms with van der Waals surface area (Å²) in [6.07, 6.45) is 1.18. The molecule has 0 aromatic heterocycles. The first kappa shape index (κ1) is 21.0. The van der Waals surface area contributed by atoms with Gasteiger partial charge in [-0.25, -0.2) is 13.2 Å². The third kappa shape index (κ3) is 5.11. The first-order valence-corrected chi connectivity index (χ1v) is 10.00. The van der Waals surface area contributed by atoms with Gasteiger partial charge in [-0.3, -0.25) is 4.72 Å². The highest BCUT2D eigenvalue weighted by molar-refractivity contribution is 7.92. The number of nitriles is 1. The molecule has 8 heteroatoms. The SMILES string of the molecule is CCOC(=O)/C(C#N)=C/Nc1ccccc1NS(=O)(=O)c1ccc(C)cc1C. The standard InChI is InChI=1S/C20H21N3O4S/c1-4-27-20(24)16(12-21)13-22-17-7-5-6-8-18(17)23-28(25,26)19-10-9-14(2)11-15(19)3/h5-11,13,22-23H,4H2,1-3H3/b16-13+. The van der Waals surface area contributed by atoms with Gasteiger partial charge >= 0.3 is 5.97 Å². The van der Waals surface area contributed by atoms with Crippen molar-refractivity contribution in [2.45, 2.75) is 25.7 Å². The molecule has 0 unspecified atom stereocenters. The Labute approximate surface area is 164 Å². The number of para-hydroxylation sites is 2. The number of nitrogens with zero attached hydrogens (tertiary/aromatic N) is 1. The highest BCUT2D eigenvalue weighted by atomic mass is 32.2. The summed E-state index contributed by atoms with van der Waals surface area (Å²) in [7, 11) is -3.82. The van der Waals surface area contributed by atoms with Gasteiger partial charge in [0.1, 0.15) is 6.07 Å². The van der Waals surface area contributed by atoms with Gasteiger partial charge < -0.3 is 10.1 Å². The number of carbonyl (C=O) groups is 1. The summed E-state index contributed by atoms with van der Waals surface area (Å²) in [5.74, 6) is -0.758. The number of ether oxygens (including phenoxy) is 1. The van der Waals surface area contributed by atoms with Gasteiger partial charge in [-0.2, -0.15) is 5.26 Å². The van der Waals surface area contributed by atoms with E-state index in [2.05, 4.69) is 10.0 Å². The molecule has 0 aliphatic rings. The number of sulfonamides is 1. The molecule has 0 spiro atoms. The van der Waals surface area contributed by atoms with Crippen molar-refractivity contribution in [2.75, 3.05) is 16.6 Å². The van der Waals surface area contributed by atoms with Crippen molar-refractivity contribution in [3.8, 4) is 6.07 Å². The number of anilines is 2. The van der Waals surface area contributed by atoms with E-state index in [0.717, 1.165) is 5.56 Å². The van der Waals surface area contributed by atoms with Gasteiger partial charge in [0.2, 0.25) is 0 Å². The largest absolute Gasteiger partial charge is 0.462 e.